The van der Waals surface area contributed by atoms with Crippen molar-refractivity contribution in [3.8, 4) is 17.0 Å². The van der Waals surface area contributed by atoms with E-state index >= 15 is 0 Å². The van der Waals surface area contributed by atoms with Crippen molar-refractivity contribution < 1.29 is 27.8 Å². The fourth-order valence-electron chi connectivity index (χ4n) is 4.46. The van der Waals surface area contributed by atoms with Crippen molar-refractivity contribution in [3.63, 3.8) is 0 Å². The first-order chi connectivity index (χ1) is 15.3. The van der Waals surface area contributed by atoms with Crippen LogP contribution in [0.15, 0.2) is 27.9 Å². The van der Waals surface area contributed by atoms with E-state index in [1.54, 1.807) is 13.2 Å². The van der Waals surface area contributed by atoms with E-state index in [2.05, 4.69) is 0 Å². The van der Waals surface area contributed by atoms with Crippen LogP contribution in [-0.2, 0) is 20.3 Å². The third-order valence-corrected chi connectivity index (χ3v) is 7.97. The molecule has 0 unspecified atom stereocenters. The molecule has 0 amide bonds. The summed E-state index contributed by atoms with van der Waals surface area (Å²) in [7, 11) is -2.11. The Balaban J connectivity index is 1.71. The summed E-state index contributed by atoms with van der Waals surface area (Å²) in [6.45, 7) is 0.965. The number of carboxylic acid groups (broad SMARTS) is 1. The molecule has 5 rings (SSSR count). The molecule has 2 aromatic rings. The van der Waals surface area contributed by atoms with Crippen molar-refractivity contribution in [2.24, 2.45) is 0 Å². The van der Waals surface area contributed by atoms with Crippen LogP contribution in [0.2, 0.25) is 0 Å². The lowest BCUT2D eigenvalue weighted by molar-refractivity contribution is 0.0694. The van der Waals surface area contributed by atoms with E-state index in [-0.39, 0.29) is 22.3 Å². The molecule has 0 bridgehead atoms. The Morgan fingerprint density at radius 2 is 1.91 bits per heavy atom. The molecule has 1 aliphatic heterocycles. The summed E-state index contributed by atoms with van der Waals surface area (Å²) in [4.78, 5) is 24.8. The number of ether oxygens (including phenoxy) is 2. The number of hydrogen-bond donors (Lipinski definition) is 1. The molecule has 1 aromatic carbocycles. The molecular formula is C23H25NO7S. The quantitative estimate of drug-likeness (QED) is 0.604. The van der Waals surface area contributed by atoms with E-state index in [1.807, 2.05) is 6.07 Å². The van der Waals surface area contributed by atoms with Gasteiger partial charge in [0.1, 0.15) is 11.3 Å². The molecule has 170 valence electrons. The largest absolute Gasteiger partial charge is 0.493 e. The van der Waals surface area contributed by atoms with Crippen molar-refractivity contribution >= 4 is 15.8 Å². The van der Waals surface area contributed by atoms with Crippen LogP contribution in [0.1, 0.15) is 65.5 Å². The molecule has 2 heterocycles. The van der Waals surface area contributed by atoms with Crippen LogP contribution in [0.5, 0.6) is 5.75 Å². The van der Waals surface area contributed by atoms with E-state index in [0.29, 0.717) is 48.1 Å². The Morgan fingerprint density at radius 1 is 1.16 bits per heavy atom. The van der Waals surface area contributed by atoms with Gasteiger partial charge < -0.3 is 19.1 Å². The number of methoxy groups -OCH3 is 1. The highest BCUT2D eigenvalue weighted by molar-refractivity contribution is 7.90. The number of aromatic nitrogens is 1. The Bertz CT molecular complexity index is 1270. The standard InChI is InChI=1S/C23H25NO7S/c1-30-7-2-8-31-19-11-20-17(10-16(19)13-3-4-13)21-14(12-32(20,28)29)9-18(23(26)27)22(25)24(21)15-5-6-15/h9-11,13,15H,2-8,12H2,1H3,(H,26,27). The highest BCUT2D eigenvalue weighted by Gasteiger charge is 2.39. The molecule has 2 aliphatic carbocycles. The molecule has 0 spiro atoms. The lowest BCUT2D eigenvalue weighted by Crippen LogP contribution is -2.30. The lowest BCUT2D eigenvalue weighted by atomic mass is 9.98. The third kappa shape index (κ3) is 3.63. The van der Waals surface area contributed by atoms with Gasteiger partial charge in [0.15, 0.2) is 9.84 Å². The fourth-order valence-corrected chi connectivity index (χ4v) is 6.03. The number of aromatic carboxylic acids is 1. The summed E-state index contributed by atoms with van der Waals surface area (Å²) in [5.74, 6) is -0.815. The van der Waals surface area contributed by atoms with E-state index < -0.39 is 21.4 Å². The maximum Gasteiger partial charge on any atom is 0.341 e. The smallest absolute Gasteiger partial charge is 0.341 e. The molecule has 1 N–H and O–H groups in total. The summed E-state index contributed by atoms with van der Waals surface area (Å²) in [6.07, 6.45) is 4.23. The SMILES string of the molecule is COCCCOc1cc2c(cc1C1CC1)-c1c(cc(C(=O)O)c(=O)n1C1CC1)CS2(=O)=O. The number of carboxylic acids is 1. The molecule has 2 saturated carbocycles. The van der Waals surface area contributed by atoms with E-state index in [9.17, 15) is 23.1 Å². The minimum absolute atomic E-state index is 0.0986. The van der Waals surface area contributed by atoms with E-state index in [4.69, 9.17) is 9.47 Å². The normalized spacial score (nSPS) is 18.7. The number of sulfone groups is 1. The first-order valence-electron chi connectivity index (χ1n) is 10.9. The molecule has 1 aromatic heterocycles. The van der Waals surface area contributed by atoms with Gasteiger partial charge in [-0.25, -0.2) is 13.2 Å². The second-order valence-electron chi connectivity index (χ2n) is 8.76. The van der Waals surface area contributed by atoms with Crippen molar-refractivity contribution in [3.05, 3.63) is 45.2 Å². The van der Waals surface area contributed by atoms with Gasteiger partial charge in [0.25, 0.3) is 5.56 Å². The molecule has 0 atom stereocenters. The van der Waals surface area contributed by atoms with Crippen LogP contribution < -0.4 is 10.3 Å². The van der Waals surface area contributed by atoms with Gasteiger partial charge in [-0.1, -0.05) is 0 Å². The van der Waals surface area contributed by atoms with Crippen molar-refractivity contribution in [1.82, 2.24) is 4.57 Å². The van der Waals surface area contributed by atoms with Gasteiger partial charge in [0.05, 0.1) is 22.9 Å². The van der Waals surface area contributed by atoms with Crippen LogP contribution in [-0.4, -0.2) is 44.4 Å². The van der Waals surface area contributed by atoms with Crippen LogP contribution in [0.3, 0.4) is 0 Å². The number of rotatable bonds is 8. The van der Waals surface area contributed by atoms with Gasteiger partial charge in [-0.05, 0) is 60.9 Å². The zero-order valence-electron chi connectivity index (χ0n) is 17.8. The maximum absolute atomic E-state index is 13.2. The van der Waals surface area contributed by atoms with Crippen molar-refractivity contribution in [2.45, 2.75) is 54.7 Å². The average molecular weight is 460 g/mol. The third-order valence-electron chi connectivity index (χ3n) is 6.27. The van der Waals surface area contributed by atoms with Gasteiger partial charge in [-0.3, -0.25) is 4.79 Å². The number of pyridine rings is 1. The number of nitrogens with zero attached hydrogens (tertiary/aromatic N) is 1. The molecular weight excluding hydrogens is 434 g/mol. The predicted octanol–water partition coefficient (Wildman–Crippen LogP) is 3.13. The monoisotopic (exact) mass is 459 g/mol. The fraction of sp³-hybridized carbons (Fsp3) is 0.478. The summed E-state index contributed by atoms with van der Waals surface area (Å²) in [5.41, 5.74) is 1.39. The minimum Gasteiger partial charge on any atom is -0.493 e. The number of hydrogen-bond acceptors (Lipinski definition) is 6. The predicted molar refractivity (Wildman–Crippen MR) is 116 cm³/mol. The van der Waals surface area contributed by atoms with E-state index in [1.165, 1.54) is 10.6 Å². The molecule has 0 radical (unpaired) electrons. The van der Waals surface area contributed by atoms with Crippen LogP contribution in [0, 0.1) is 0 Å². The molecule has 32 heavy (non-hydrogen) atoms. The first kappa shape index (κ1) is 21.2. The van der Waals surface area contributed by atoms with Crippen LogP contribution in [0.25, 0.3) is 11.3 Å². The molecule has 9 heteroatoms. The number of benzene rings is 1. The zero-order chi connectivity index (χ0) is 22.6. The Labute approximate surface area is 185 Å². The Morgan fingerprint density at radius 3 is 2.53 bits per heavy atom. The molecule has 8 nitrogen and oxygen atoms in total. The van der Waals surface area contributed by atoms with Gasteiger partial charge in [0, 0.05) is 31.7 Å². The summed E-state index contributed by atoms with van der Waals surface area (Å²) >= 11 is 0. The highest BCUT2D eigenvalue weighted by Crippen LogP contribution is 2.50. The van der Waals surface area contributed by atoms with Crippen LogP contribution in [0.4, 0.5) is 0 Å². The Hall–Kier alpha value is -2.65. The van der Waals surface area contributed by atoms with Crippen molar-refractivity contribution in [1.29, 1.82) is 0 Å². The van der Waals surface area contributed by atoms with Gasteiger partial charge in [0.2, 0.25) is 0 Å². The maximum atomic E-state index is 13.2. The highest BCUT2D eigenvalue weighted by atomic mass is 32.2. The summed E-state index contributed by atoms with van der Waals surface area (Å²) in [6, 6.07) is 4.60. The Kier molecular flexibility index (Phi) is 5.13. The van der Waals surface area contributed by atoms with Gasteiger partial charge >= 0.3 is 5.97 Å². The van der Waals surface area contributed by atoms with E-state index in [0.717, 1.165) is 31.2 Å². The topological polar surface area (TPSA) is 112 Å². The molecule has 3 aliphatic rings. The first-order valence-corrected chi connectivity index (χ1v) is 12.5. The minimum atomic E-state index is -3.73. The molecule has 0 saturated heterocycles. The second kappa shape index (κ2) is 7.74. The summed E-state index contributed by atoms with van der Waals surface area (Å²) in [5, 5.41) is 9.51. The van der Waals surface area contributed by atoms with Crippen LogP contribution >= 0.6 is 0 Å². The number of carbonyl (C=O) groups is 1. The summed E-state index contributed by atoms with van der Waals surface area (Å²) < 4.78 is 39.0. The second-order valence-corrected chi connectivity index (χ2v) is 10.7. The van der Waals surface area contributed by atoms with Crippen molar-refractivity contribution in [2.75, 3.05) is 20.3 Å². The van der Waals surface area contributed by atoms with Gasteiger partial charge in [-0.2, -0.15) is 0 Å². The zero-order valence-corrected chi connectivity index (χ0v) is 18.6. The molecule has 2 fully saturated rings. The van der Waals surface area contributed by atoms with Gasteiger partial charge in [-0.15, -0.1) is 0 Å². The lowest BCUT2D eigenvalue weighted by Gasteiger charge is -2.26. The number of fused-ring (bicyclic) bond motifs is 3. The average Bonchev–Trinajstić information content (AvgIpc) is 3.64.